The molecule has 1 N–H and O–H groups in total. The minimum Gasteiger partial charge on any atom is -0.310 e. The molecule has 0 spiro atoms. The molecule has 0 radical (unpaired) electrons. The summed E-state index contributed by atoms with van der Waals surface area (Å²) in [6.07, 6.45) is 4.49. The van der Waals surface area contributed by atoms with Gasteiger partial charge in [-0.1, -0.05) is 12.1 Å². The average Bonchev–Trinajstić information content (AvgIpc) is 2.83. The molecule has 3 heteroatoms. The van der Waals surface area contributed by atoms with Crippen molar-refractivity contribution in [2.24, 2.45) is 5.92 Å². The van der Waals surface area contributed by atoms with E-state index in [0.29, 0.717) is 6.04 Å². The minimum absolute atomic E-state index is 0.0268. The molecule has 3 rings (SSSR count). The van der Waals surface area contributed by atoms with Crippen LogP contribution in [-0.4, -0.2) is 31.6 Å². The number of fused-ring (bicyclic) bond motifs is 1. The number of benzene rings is 1. The zero-order valence-corrected chi connectivity index (χ0v) is 11.7. The van der Waals surface area contributed by atoms with Crippen molar-refractivity contribution in [3.8, 4) is 0 Å². The van der Waals surface area contributed by atoms with Crippen LogP contribution in [0.3, 0.4) is 0 Å². The molecule has 104 valence electrons. The maximum absolute atomic E-state index is 13.7. The summed E-state index contributed by atoms with van der Waals surface area (Å²) in [7, 11) is 2.19. The van der Waals surface area contributed by atoms with Crippen LogP contribution in [0.1, 0.15) is 36.4 Å². The lowest BCUT2D eigenvalue weighted by Gasteiger charge is -2.30. The third-order valence-electron chi connectivity index (χ3n) is 4.70. The zero-order chi connectivity index (χ0) is 13.2. The molecule has 1 aliphatic carbocycles. The molecule has 1 aromatic rings. The fraction of sp³-hybridized carbons (Fsp3) is 0.625. The Kier molecular flexibility index (Phi) is 3.85. The number of rotatable bonds is 3. The summed E-state index contributed by atoms with van der Waals surface area (Å²) >= 11 is 0. The molecule has 0 saturated carbocycles. The monoisotopic (exact) mass is 262 g/mol. The molecule has 1 unspecified atom stereocenters. The number of hydrogen-bond donors (Lipinski definition) is 1. The van der Waals surface area contributed by atoms with Crippen molar-refractivity contribution in [3.05, 3.63) is 35.1 Å². The van der Waals surface area contributed by atoms with Crippen molar-refractivity contribution in [1.82, 2.24) is 10.2 Å². The highest BCUT2D eigenvalue weighted by molar-refractivity contribution is 5.35. The highest BCUT2D eigenvalue weighted by atomic mass is 19.1. The molecule has 1 fully saturated rings. The van der Waals surface area contributed by atoms with Gasteiger partial charge in [0.25, 0.3) is 0 Å². The van der Waals surface area contributed by atoms with Gasteiger partial charge in [0.05, 0.1) is 0 Å². The van der Waals surface area contributed by atoms with Gasteiger partial charge in [0.15, 0.2) is 0 Å². The van der Waals surface area contributed by atoms with Crippen molar-refractivity contribution in [2.75, 3.05) is 26.7 Å². The quantitative estimate of drug-likeness (QED) is 0.901. The van der Waals surface area contributed by atoms with Crippen molar-refractivity contribution < 1.29 is 4.39 Å². The molecule has 0 aromatic heterocycles. The van der Waals surface area contributed by atoms with E-state index in [9.17, 15) is 4.39 Å². The molecule has 1 saturated heterocycles. The molecular weight excluding hydrogens is 239 g/mol. The van der Waals surface area contributed by atoms with Crippen molar-refractivity contribution >= 4 is 0 Å². The number of piperidine rings is 1. The summed E-state index contributed by atoms with van der Waals surface area (Å²) in [6, 6.07) is 5.87. The molecule has 1 aliphatic heterocycles. The second-order valence-corrected chi connectivity index (χ2v) is 6.05. The number of nitrogens with zero attached hydrogens (tertiary/aromatic N) is 1. The molecule has 19 heavy (non-hydrogen) atoms. The van der Waals surface area contributed by atoms with Crippen LogP contribution in [-0.2, 0) is 6.42 Å². The van der Waals surface area contributed by atoms with E-state index in [1.807, 2.05) is 6.07 Å². The first-order valence-electron chi connectivity index (χ1n) is 7.43. The molecule has 1 aromatic carbocycles. The normalized spacial score (nSPS) is 24.6. The predicted octanol–water partition coefficient (Wildman–Crippen LogP) is 2.74. The van der Waals surface area contributed by atoms with E-state index in [-0.39, 0.29) is 5.82 Å². The first kappa shape index (κ1) is 13.1. The van der Waals surface area contributed by atoms with Gasteiger partial charge in [-0.25, -0.2) is 4.39 Å². The second-order valence-electron chi connectivity index (χ2n) is 6.05. The molecule has 1 atom stereocenters. The van der Waals surface area contributed by atoms with Crippen LogP contribution < -0.4 is 5.32 Å². The number of nitrogens with one attached hydrogen (secondary N) is 1. The van der Waals surface area contributed by atoms with Gasteiger partial charge in [-0.2, -0.15) is 0 Å². The van der Waals surface area contributed by atoms with Gasteiger partial charge in [-0.05, 0) is 75.5 Å². The number of halogens is 1. The Labute approximate surface area is 115 Å². The largest absolute Gasteiger partial charge is 0.310 e. The van der Waals surface area contributed by atoms with Crippen LogP contribution in [0.15, 0.2) is 18.2 Å². The Bertz CT molecular complexity index is 438. The summed E-state index contributed by atoms with van der Waals surface area (Å²) in [5.74, 6) is 0.759. The van der Waals surface area contributed by atoms with Crippen LogP contribution in [0, 0.1) is 11.7 Å². The Morgan fingerprint density at radius 3 is 2.84 bits per heavy atom. The molecule has 2 nitrogen and oxygen atoms in total. The lowest BCUT2D eigenvalue weighted by Crippen LogP contribution is -2.35. The summed E-state index contributed by atoms with van der Waals surface area (Å²) in [4.78, 5) is 2.40. The van der Waals surface area contributed by atoms with Gasteiger partial charge in [0.1, 0.15) is 5.82 Å². The Hall–Kier alpha value is -0.930. The van der Waals surface area contributed by atoms with Gasteiger partial charge in [0, 0.05) is 6.04 Å². The third-order valence-corrected chi connectivity index (χ3v) is 4.70. The first-order chi connectivity index (χ1) is 9.24. The Morgan fingerprint density at radius 1 is 1.26 bits per heavy atom. The van der Waals surface area contributed by atoms with Gasteiger partial charge >= 0.3 is 0 Å². The van der Waals surface area contributed by atoms with E-state index in [2.05, 4.69) is 23.3 Å². The highest BCUT2D eigenvalue weighted by Crippen LogP contribution is 2.32. The maximum Gasteiger partial charge on any atom is 0.126 e. The first-order valence-corrected chi connectivity index (χ1v) is 7.43. The fourth-order valence-corrected chi connectivity index (χ4v) is 3.40. The van der Waals surface area contributed by atoms with E-state index in [4.69, 9.17) is 0 Å². The topological polar surface area (TPSA) is 15.3 Å². The molecular formula is C16H23FN2. The maximum atomic E-state index is 13.7. The Morgan fingerprint density at radius 2 is 2.05 bits per heavy atom. The van der Waals surface area contributed by atoms with E-state index < -0.39 is 0 Å². The summed E-state index contributed by atoms with van der Waals surface area (Å²) in [5.41, 5.74) is 2.12. The highest BCUT2D eigenvalue weighted by Gasteiger charge is 2.25. The smallest absolute Gasteiger partial charge is 0.126 e. The van der Waals surface area contributed by atoms with Crippen LogP contribution in [0.4, 0.5) is 4.39 Å². The summed E-state index contributed by atoms with van der Waals surface area (Å²) < 4.78 is 13.7. The SMILES string of the molecule is CN1CCC(CNC2CCc3c(F)cccc32)CC1. The lowest BCUT2D eigenvalue weighted by atomic mass is 9.96. The fourth-order valence-electron chi connectivity index (χ4n) is 3.40. The molecule has 2 aliphatic rings. The average molecular weight is 262 g/mol. The number of likely N-dealkylation sites (tertiary alicyclic amines) is 1. The minimum atomic E-state index is -0.0268. The molecule has 1 heterocycles. The predicted molar refractivity (Wildman–Crippen MR) is 75.7 cm³/mol. The number of hydrogen-bond acceptors (Lipinski definition) is 2. The van der Waals surface area contributed by atoms with Gasteiger partial charge < -0.3 is 10.2 Å². The van der Waals surface area contributed by atoms with E-state index >= 15 is 0 Å². The second kappa shape index (κ2) is 5.59. The standard InChI is InChI=1S/C16H23FN2/c1-19-9-7-12(8-10-19)11-18-16-6-5-13-14(16)3-2-4-15(13)17/h2-4,12,16,18H,5-11H2,1H3. The van der Waals surface area contributed by atoms with E-state index in [0.717, 1.165) is 30.9 Å². The van der Waals surface area contributed by atoms with Crippen molar-refractivity contribution in [2.45, 2.75) is 31.7 Å². The van der Waals surface area contributed by atoms with Crippen LogP contribution in [0.5, 0.6) is 0 Å². The summed E-state index contributed by atoms with van der Waals surface area (Å²) in [6.45, 7) is 3.50. The Balaban J connectivity index is 1.57. The van der Waals surface area contributed by atoms with Gasteiger partial charge in [-0.3, -0.25) is 0 Å². The zero-order valence-electron chi connectivity index (χ0n) is 11.7. The van der Waals surface area contributed by atoms with Gasteiger partial charge in [0.2, 0.25) is 0 Å². The molecule has 0 bridgehead atoms. The van der Waals surface area contributed by atoms with Gasteiger partial charge in [-0.15, -0.1) is 0 Å². The van der Waals surface area contributed by atoms with E-state index in [1.54, 1.807) is 6.07 Å². The summed E-state index contributed by atoms with van der Waals surface area (Å²) in [5, 5.41) is 3.66. The third kappa shape index (κ3) is 2.82. The van der Waals surface area contributed by atoms with Crippen LogP contribution in [0.2, 0.25) is 0 Å². The molecule has 0 amide bonds. The van der Waals surface area contributed by atoms with Crippen molar-refractivity contribution in [3.63, 3.8) is 0 Å². The van der Waals surface area contributed by atoms with Crippen LogP contribution in [0.25, 0.3) is 0 Å². The van der Waals surface area contributed by atoms with E-state index in [1.165, 1.54) is 31.5 Å². The van der Waals surface area contributed by atoms with Crippen LogP contribution >= 0.6 is 0 Å². The lowest BCUT2D eigenvalue weighted by molar-refractivity contribution is 0.212. The van der Waals surface area contributed by atoms with Crippen molar-refractivity contribution in [1.29, 1.82) is 0 Å².